The number of hydrogen-bond acceptors (Lipinski definition) is 5. The van der Waals surface area contributed by atoms with Crippen molar-refractivity contribution >= 4 is 29.4 Å². The number of nitrogens with zero attached hydrogens (tertiary/aromatic N) is 3. The van der Waals surface area contributed by atoms with Crippen LogP contribution in [0.5, 0.6) is 0 Å². The van der Waals surface area contributed by atoms with E-state index in [1.807, 2.05) is 43.3 Å². The van der Waals surface area contributed by atoms with Crippen molar-refractivity contribution in [3.8, 4) is 0 Å². The Bertz CT molecular complexity index is 1080. The minimum atomic E-state index is -0.888. The van der Waals surface area contributed by atoms with E-state index in [0.717, 1.165) is 35.4 Å². The Morgan fingerprint density at radius 2 is 1.86 bits per heavy atom. The largest absolute Gasteiger partial charge is 0.384 e. The number of imide groups is 1. The predicted molar refractivity (Wildman–Crippen MR) is 140 cm³/mol. The molecule has 8 heteroatoms. The number of carbonyl (C=O) groups is 3. The van der Waals surface area contributed by atoms with E-state index in [4.69, 9.17) is 5.73 Å². The standard InChI is InChI=1S/C28H37N5O3/c1-4-23(20-11-7-5-8-12-20)31-28(36)33-25(27(35)32(3)21-13-9-6-10-14-21)22(26(33)34)16-19-15-18(2)30-24(29)17-19/h6,9-10,13-15,17,20,22-23,25H,4-5,7-8,11-12,16H2,1-3H3,(H2,29,30)(H,31,36)/t22?,23-,25+/m1/s1. The zero-order valence-corrected chi connectivity index (χ0v) is 21.4. The Balaban J connectivity index is 1.57. The molecule has 1 aliphatic heterocycles. The number of rotatable bonds is 7. The average Bonchev–Trinajstić information content (AvgIpc) is 2.88. The van der Waals surface area contributed by atoms with Crippen LogP contribution in [0.1, 0.15) is 56.7 Å². The van der Waals surface area contributed by atoms with E-state index in [2.05, 4.69) is 17.2 Å². The summed E-state index contributed by atoms with van der Waals surface area (Å²) in [4.78, 5) is 47.3. The van der Waals surface area contributed by atoms with Gasteiger partial charge in [0.05, 0.1) is 5.92 Å². The number of para-hydroxylation sites is 1. The zero-order valence-electron chi connectivity index (χ0n) is 21.4. The highest BCUT2D eigenvalue weighted by Gasteiger charge is 2.55. The van der Waals surface area contributed by atoms with Crippen LogP contribution < -0.4 is 16.0 Å². The fourth-order valence-electron chi connectivity index (χ4n) is 5.69. The third-order valence-corrected chi connectivity index (χ3v) is 7.62. The van der Waals surface area contributed by atoms with Gasteiger partial charge in [0.2, 0.25) is 5.91 Å². The molecule has 0 spiro atoms. The van der Waals surface area contributed by atoms with Crippen molar-refractivity contribution in [2.45, 2.75) is 70.9 Å². The predicted octanol–water partition coefficient (Wildman–Crippen LogP) is 4.07. The van der Waals surface area contributed by atoms with Crippen molar-refractivity contribution in [3.05, 3.63) is 53.7 Å². The van der Waals surface area contributed by atoms with Crippen molar-refractivity contribution in [1.29, 1.82) is 0 Å². The van der Waals surface area contributed by atoms with Gasteiger partial charge in [0, 0.05) is 24.5 Å². The number of urea groups is 1. The number of nitrogens with one attached hydrogen (secondary N) is 1. The van der Waals surface area contributed by atoms with E-state index < -0.39 is 18.0 Å². The number of β-lactam (4-membered cyclic amide) rings is 1. The smallest absolute Gasteiger partial charge is 0.325 e. The van der Waals surface area contributed by atoms with E-state index >= 15 is 0 Å². The van der Waals surface area contributed by atoms with Gasteiger partial charge < -0.3 is 16.0 Å². The molecule has 1 aromatic heterocycles. The third-order valence-electron chi connectivity index (χ3n) is 7.62. The summed E-state index contributed by atoms with van der Waals surface area (Å²) in [5.74, 6) is -0.493. The molecule has 2 aromatic rings. The molecule has 3 atom stereocenters. The molecule has 2 aliphatic rings. The summed E-state index contributed by atoms with van der Waals surface area (Å²) < 4.78 is 0. The van der Waals surface area contributed by atoms with Gasteiger partial charge in [-0.3, -0.25) is 14.5 Å². The molecule has 1 aromatic carbocycles. The van der Waals surface area contributed by atoms with E-state index in [1.54, 1.807) is 13.1 Å². The second kappa shape index (κ2) is 11.1. The summed E-state index contributed by atoms with van der Waals surface area (Å²) in [6, 6.07) is 11.5. The molecule has 2 fully saturated rings. The van der Waals surface area contributed by atoms with Gasteiger partial charge in [-0.15, -0.1) is 0 Å². The van der Waals surface area contributed by atoms with Gasteiger partial charge in [-0.05, 0) is 68.4 Å². The van der Waals surface area contributed by atoms with Crippen molar-refractivity contribution < 1.29 is 14.4 Å². The molecular formula is C28H37N5O3. The van der Waals surface area contributed by atoms with Gasteiger partial charge in [0.1, 0.15) is 11.9 Å². The Kier molecular flexibility index (Phi) is 7.91. The summed E-state index contributed by atoms with van der Waals surface area (Å²) in [6.45, 7) is 3.90. The highest BCUT2D eigenvalue weighted by molar-refractivity contribution is 6.12. The van der Waals surface area contributed by atoms with Crippen LogP contribution in [0.2, 0.25) is 0 Å². The highest BCUT2D eigenvalue weighted by Crippen LogP contribution is 2.34. The number of likely N-dealkylation sites (tertiary alicyclic amines) is 1. The lowest BCUT2D eigenvalue weighted by Gasteiger charge is -2.46. The quantitative estimate of drug-likeness (QED) is 0.568. The van der Waals surface area contributed by atoms with E-state index in [1.165, 1.54) is 24.2 Å². The third kappa shape index (κ3) is 5.37. The Morgan fingerprint density at radius 3 is 2.50 bits per heavy atom. The van der Waals surface area contributed by atoms with Crippen molar-refractivity contribution in [1.82, 2.24) is 15.2 Å². The van der Waals surface area contributed by atoms with Crippen molar-refractivity contribution in [2.24, 2.45) is 11.8 Å². The number of likely N-dealkylation sites (N-methyl/N-ethyl adjacent to an activating group) is 1. The van der Waals surface area contributed by atoms with Crippen LogP contribution >= 0.6 is 0 Å². The first-order valence-corrected chi connectivity index (χ1v) is 13.0. The van der Waals surface area contributed by atoms with Crippen LogP contribution in [0.4, 0.5) is 16.3 Å². The van der Waals surface area contributed by atoms with Crippen LogP contribution in [0.25, 0.3) is 0 Å². The number of nitrogens with two attached hydrogens (primary N) is 1. The number of aromatic nitrogens is 1. The number of carbonyl (C=O) groups excluding carboxylic acids is 3. The molecule has 1 unspecified atom stereocenters. The number of aryl methyl sites for hydroxylation is 1. The van der Waals surface area contributed by atoms with E-state index in [-0.39, 0.29) is 17.9 Å². The summed E-state index contributed by atoms with van der Waals surface area (Å²) in [6.07, 6.45) is 6.83. The Hall–Kier alpha value is -3.42. The van der Waals surface area contributed by atoms with Crippen LogP contribution in [0, 0.1) is 18.8 Å². The molecule has 1 saturated heterocycles. The molecule has 4 amide bonds. The number of benzene rings is 1. The second-order valence-corrected chi connectivity index (χ2v) is 10.1. The molecule has 2 heterocycles. The first-order chi connectivity index (χ1) is 17.3. The molecular weight excluding hydrogens is 454 g/mol. The van der Waals surface area contributed by atoms with Crippen LogP contribution in [0.15, 0.2) is 42.5 Å². The summed E-state index contributed by atoms with van der Waals surface area (Å²) in [5.41, 5.74) is 8.20. The number of anilines is 2. The number of amides is 4. The monoisotopic (exact) mass is 491 g/mol. The lowest BCUT2D eigenvalue weighted by atomic mass is 9.81. The first-order valence-electron chi connectivity index (χ1n) is 13.0. The fourth-order valence-corrected chi connectivity index (χ4v) is 5.69. The lowest BCUT2D eigenvalue weighted by molar-refractivity contribution is -0.156. The normalized spacial score (nSPS) is 21.0. The number of hydrogen-bond donors (Lipinski definition) is 2. The van der Waals surface area contributed by atoms with Crippen molar-refractivity contribution in [2.75, 3.05) is 17.7 Å². The van der Waals surface area contributed by atoms with Crippen LogP contribution in [-0.4, -0.2) is 46.9 Å². The van der Waals surface area contributed by atoms with Gasteiger partial charge in [-0.25, -0.2) is 9.78 Å². The van der Waals surface area contributed by atoms with Gasteiger partial charge in [0.25, 0.3) is 5.91 Å². The van der Waals surface area contributed by atoms with E-state index in [0.29, 0.717) is 23.8 Å². The second-order valence-electron chi connectivity index (χ2n) is 10.1. The molecule has 1 saturated carbocycles. The Morgan fingerprint density at radius 1 is 1.17 bits per heavy atom. The summed E-state index contributed by atoms with van der Waals surface area (Å²) >= 11 is 0. The molecule has 3 N–H and O–H groups in total. The van der Waals surface area contributed by atoms with Gasteiger partial charge >= 0.3 is 6.03 Å². The number of nitrogen functional groups attached to an aromatic ring is 1. The lowest BCUT2D eigenvalue weighted by Crippen LogP contribution is -2.71. The number of pyridine rings is 1. The average molecular weight is 492 g/mol. The minimum Gasteiger partial charge on any atom is -0.384 e. The SMILES string of the molecule is CC[C@@H](NC(=O)N1C(=O)C(Cc2cc(C)nc(N)c2)[C@H]1C(=O)N(C)c1ccccc1)C1CCCCC1. The van der Waals surface area contributed by atoms with Crippen molar-refractivity contribution in [3.63, 3.8) is 0 Å². The fraction of sp³-hybridized carbons (Fsp3) is 0.500. The summed E-state index contributed by atoms with van der Waals surface area (Å²) in [5, 5.41) is 3.10. The van der Waals surface area contributed by atoms with E-state index in [9.17, 15) is 14.4 Å². The molecule has 36 heavy (non-hydrogen) atoms. The minimum absolute atomic E-state index is 0.00472. The van der Waals surface area contributed by atoms with Crippen LogP contribution in [0.3, 0.4) is 0 Å². The maximum atomic E-state index is 13.7. The van der Waals surface area contributed by atoms with Gasteiger partial charge in [0.15, 0.2) is 0 Å². The molecule has 0 bridgehead atoms. The summed E-state index contributed by atoms with van der Waals surface area (Å²) in [7, 11) is 1.68. The first kappa shape index (κ1) is 25.7. The van der Waals surface area contributed by atoms with Gasteiger partial charge in [-0.2, -0.15) is 0 Å². The van der Waals surface area contributed by atoms with Crippen LogP contribution in [-0.2, 0) is 16.0 Å². The zero-order chi connectivity index (χ0) is 25.8. The Labute approximate surface area is 213 Å². The molecule has 8 nitrogen and oxygen atoms in total. The molecule has 4 rings (SSSR count). The maximum absolute atomic E-state index is 13.7. The maximum Gasteiger partial charge on any atom is 0.325 e. The highest BCUT2D eigenvalue weighted by atomic mass is 16.2. The topological polar surface area (TPSA) is 109 Å². The molecule has 192 valence electrons. The molecule has 1 aliphatic carbocycles. The molecule has 0 radical (unpaired) electrons. The van der Waals surface area contributed by atoms with Gasteiger partial charge in [-0.1, -0.05) is 44.4 Å².